The second kappa shape index (κ2) is 8.34. The van der Waals surface area contributed by atoms with Gasteiger partial charge in [-0.3, -0.25) is 14.7 Å². The van der Waals surface area contributed by atoms with E-state index in [4.69, 9.17) is 4.74 Å². The number of carbonyl (C=O) groups is 1. The van der Waals surface area contributed by atoms with Gasteiger partial charge < -0.3 is 9.64 Å². The Labute approximate surface area is 167 Å². The summed E-state index contributed by atoms with van der Waals surface area (Å²) in [6.07, 6.45) is 3.64. The third kappa shape index (κ3) is 3.78. The Morgan fingerprint density at radius 1 is 1.21 bits per heavy atom. The van der Waals surface area contributed by atoms with Crippen molar-refractivity contribution in [1.29, 1.82) is 0 Å². The lowest BCUT2D eigenvalue weighted by atomic mass is 10.1. The zero-order valence-corrected chi connectivity index (χ0v) is 16.5. The largest absolute Gasteiger partial charge is 0.380 e. The van der Waals surface area contributed by atoms with Crippen LogP contribution >= 0.6 is 11.3 Å². The van der Waals surface area contributed by atoms with Crippen molar-refractivity contribution in [1.82, 2.24) is 14.8 Å². The van der Waals surface area contributed by atoms with Gasteiger partial charge in [-0.15, -0.1) is 11.3 Å². The van der Waals surface area contributed by atoms with E-state index >= 15 is 0 Å². The van der Waals surface area contributed by atoms with E-state index < -0.39 is 0 Å². The molecule has 3 heterocycles. The molecule has 2 aromatic heterocycles. The van der Waals surface area contributed by atoms with Crippen molar-refractivity contribution >= 4 is 27.3 Å². The van der Waals surface area contributed by atoms with Crippen LogP contribution in [0.3, 0.4) is 0 Å². The van der Waals surface area contributed by atoms with Gasteiger partial charge >= 0.3 is 0 Å². The molecule has 0 bridgehead atoms. The Hall–Kier alpha value is -2.35. The fourth-order valence-electron chi connectivity index (χ4n) is 3.62. The number of fused-ring (bicyclic) bond motifs is 1. The monoisotopic (exact) mass is 399 g/mol. The molecule has 1 aliphatic heterocycles. The number of hydrogen-bond donors (Lipinski definition) is 0. The van der Waals surface area contributed by atoms with Crippen LogP contribution in [0.4, 0.5) is 4.39 Å². The number of thiophene rings is 1. The number of carbonyl (C=O) groups excluding carboxylic acids is 1. The van der Waals surface area contributed by atoms with Crippen LogP contribution in [0.1, 0.15) is 20.8 Å². The topological polar surface area (TPSA) is 45.7 Å². The average molecular weight is 399 g/mol. The number of hydrogen-bond acceptors (Lipinski definition) is 5. The molecule has 0 unspecified atom stereocenters. The maximum atomic E-state index is 14.4. The van der Waals surface area contributed by atoms with Gasteiger partial charge in [0.15, 0.2) is 0 Å². The number of methoxy groups -OCH3 is 1. The van der Waals surface area contributed by atoms with E-state index in [0.29, 0.717) is 28.9 Å². The van der Waals surface area contributed by atoms with E-state index in [1.165, 1.54) is 23.0 Å². The van der Waals surface area contributed by atoms with Crippen molar-refractivity contribution in [2.45, 2.75) is 13.2 Å². The van der Waals surface area contributed by atoms with Gasteiger partial charge in [0.25, 0.3) is 5.91 Å². The molecular formula is C21H22FN3O2S. The lowest BCUT2D eigenvalue weighted by Crippen LogP contribution is -2.48. The molecular weight excluding hydrogens is 377 g/mol. The molecule has 0 spiro atoms. The Morgan fingerprint density at radius 2 is 2.04 bits per heavy atom. The molecule has 146 valence electrons. The maximum Gasteiger partial charge on any atom is 0.264 e. The first-order chi connectivity index (χ1) is 13.7. The summed E-state index contributed by atoms with van der Waals surface area (Å²) in [6.45, 7) is 3.98. The van der Waals surface area contributed by atoms with Gasteiger partial charge in [-0.1, -0.05) is 12.1 Å². The van der Waals surface area contributed by atoms with Crippen molar-refractivity contribution in [2.75, 3.05) is 33.3 Å². The summed E-state index contributed by atoms with van der Waals surface area (Å²) in [5, 5.41) is 0.507. The molecule has 1 aliphatic rings. The molecule has 1 saturated heterocycles. The maximum absolute atomic E-state index is 14.4. The highest BCUT2D eigenvalue weighted by Gasteiger charge is 2.27. The van der Waals surface area contributed by atoms with Crippen molar-refractivity contribution in [3.8, 4) is 0 Å². The number of ether oxygens (including phenoxy) is 1. The van der Waals surface area contributed by atoms with E-state index in [1.807, 2.05) is 23.2 Å². The molecule has 1 aromatic carbocycles. The average Bonchev–Trinajstić information content (AvgIpc) is 3.09. The summed E-state index contributed by atoms with van der Waals surface area (Å²) >= 11 is 1.35. The smallest absolute Gasteiger partial charge is 0.264 e. The minimum Gasteiger partial charge on any atom is -0.380 e. The minimum atomic E-state index is -0.305. The summed E-state index contributed by atoms with van der Waals surface area (Å²) < 4.78 is 20.4. The van der Waals surface area contributed by atoms with E-state index in [0.717, 1.165) is 24.3 Å². The zero-order chi connectivity index (χ0) is 19.5. The molecule has 3 aromatic rings. The predicted molar refractivity (Wildman–Crippen MR) is 108 cm³/mol. The quantitative estimate of drug-likeness (QED) is 0.658. The summed E-state index contributed by atoms with van der Waals surface area (Å²) in [4.78, 5) is 22.1. The van der Waals surface area contributed by atoms with Crippen LogP contribution in [0.15, 0.2) is 42.7 Å². The number of rotatable bonds is 5. The normalized spacial score (nSPS) is 15.3. The number of benzene rings is 1. The highest BCUT2D eigenvalue weighted by atomic mass is 32.1. The van der Waals surface area contributed by atoms with E-state index in [9.17, 15) is 9.18 Å². The summed E-state index contributed by atoms with van der Waals surface area (Å²) in [5.74, 6) is -0.338. The standard InChI is InChI=1S/C21H22FN3O2S/c1-27-14-16-19-17(22)5-2-6-18(19)28-20(16)21(26)25-10-8-24(9-11-25)13-15-4-3-7-23-12-15/h2-7,12H,8-11,13-14H2,1H3. The van der Waals surface area contributed by atoms with Gasteiger partial charge in [0.2, 0.25) is 0 Å². The molecule has 1 amide bonds. The Kier molecular flexibility index (Phi) is 5.66. The van der Waals surface area contributed by atoms with E-state index in [2.05, 4.69) is 16.0 Å². The van der Waals surface area contributed by atoms with Crippen molar-refractivity contribution in [2.24, 2.45) is 0 Å². The SMILES string of the molecule is COCc1c(C(=O)N2CCN(Cc3cccnc3)CC2)sc2cccc(F)c12. The van der Waals surface area contributed by atoms with Gasteiger partial charge in [-0.2, -0.15) is 0 Å². The lowest BCUT2D eigenvalue weighted by molar-refractivity contribution is 0.0629. The van der Waals surface area contributed by atoms with Gasteiger partial charge in [0, 0.05) is 67.9 Å². The molecule has 5 nitrogen and oxygen atoms in total. The lowest BCUT2D eigenvalue weighted by Gasteiger charge is -2.34. The molecule has 0 atom stereocenters. The van der Waals surface area contributed by atoms with Crippen LogP contribution < -0.4 is 0 Å². The molecule has 0 aliphatic carbocycles. The number of aromatic nitrogens is 1. The third-order valence-corrected chi connectivity index (χ3v) is 6.22. The molecule has 7 heteroatoms. The first-order valence-corrected chi connectivity index (χ1v) is 10.1. The van der Waals surface area contributed by atoms with Gasteiger partial charge in [0.05, 0.1) is 11.5 Å². The first kappa shape index (κ1) is 19.0. The fraction of sp³-hybridized carbons (Fsp3) is 0.333. The molecule has 0 radical (unpaired) electrons. The first-order valence-electron chi connectivity index (χ1n) is 9.26. The van der Waals surface area contributed by atoms with Gasteiger partial charge in [0.1, 0.15) is 5.82 Å². The second-order valence-corrected chi connectivity index (χ2v) is 7.94. The van der Waals surface area contributed by atoms with Crippen LogP contribution in [0.25, 0.3) is 10.1 Å². The second-order valence-electron chi connectivity index (χ2n) is 6.89. The summed E-state index contributed by atoms with van der Waals surface area (Å²) in [7, 11) is 1.57. The van der Waals surface area contributed by atoms with Gasteiger partial charge in [-0.05, 0) is 23.8 Å². The van der Waals surface area contributed by atoms with Crippen LogP contribution in [0, 0.1) is 5.82 Å². The van der Waals surface area contributed by atoms with Crippen LogP contribution in [0.2, 0.25) is 0 Å². The summed E-state index contributed by atoms with van der Waals surface area (Å²) in [5.41, 5.74) is 1.83. The number of pyridine rings is 1. The highest BCUT2D eigenvalue weighted by molar-refractivity contribution is 7.21. The van der Waals surface area contributed by atoms with E-state index in [-0.39, 0.29) is 18.3 Å². The number of nitrogens with zero attached hydrogens (tertiary/aromatic N) is 3. The molecule has 0 N–H and O–H groups in total. The fourth-order valence-corrected chi connectivity index (χ4v) is 4.81. The molecule has 28 heavy (non-hydrogen) atoms. The Bertz CT molecular complexity index is 968. The predicted octanol–water partition coefficient (Wildman–Crippen LogP) is 3.54. The molecule has 1 fully saturated rings. The Balaban J connectivity index is 1.50. The summed E-state index contributed by atoms with van der Waals surface area (Å²) in [6, 6.07) is 8.96. The Morgan fingerprint density at radius 3 is 2.75 bits per heavy atom. The van der Waals surface area contributed by atoms with Crippen LogP contribution in [-0.4, -0.2) is 54.0 Å². The zero-order valence-electron chi connectivity index (χ0n) is 15.7. The third-order valence-electron chi connectivity index (χ3n) is 5.03. The molecule has 0 saturated carbocycles. The van der Waals surface area contributed by atoms with Crippen molar-refractivity contribution in [3.63, 3.8) is 0 Å². The number of amides is 1. The minimum absolute atomic E-state index is 0.0336. The van der Waals surface area contributed by atoms with E-state index in [1.54, 1.807) is 19.4 Å². The highest BCUT2D eigenvalue weighted by Crippen LogP contribution is 2.34. The van der Waals surface area contributed by atoms with Crippen molar-refractivity contribution < 1.29 is 13.9 Å². The number of halogens is 1. The van der Waals surface area contributed by atoms with Crippen molar-refractivity contribution in [3.05, 3.63) is 64.5 Å². The van der Waals surface area contributed by atoms with Gasteiger partial charge in [-0.25, -0.2) is 4.39 Å². The van der Waals surface area contributed by atoms with Crippen LogP contribution in [0.5, 0.6) is 0 Å². The van der Waals surface area contributed by atoms with Crippen LogP contribution in [-0.2, 0) is 17.9 Å². The number of piperazine rings is 1. The molecule has 4 rings (SSSR count).